The summed E-state index contributed by atoms with van der Waals surface area (Å²) >= 11 is 0. The monoisotopic (exact) mass is 219 g/mol. The molecule has 0 aliphatic carbocycles. The molecular formula is C9H17NO3S. The zero-order valence-electron chi connectivity index (χ0n) is 8.69. The van der Waals surface area contributed by atoms with Gasteiger partial charge in [-0.25, -0.2) is 8.42 Å². The first-order valence-corrected chi connectivity index (χ1v) is 6.69. The second-order valence-corrected chi connectivity index (χ2v) is 6.09. The quantitative estimate of drug-likeness (QED) is 0.672. The summed E-state index contributed by atoms with van der Waals surface area (Å²) in [5.74, 6) is 0.639. The van der Waals surface area contributed by atoms with Gasteiger partial charge in [0.25, 0.3) is 0 Å². The molecule has 14 heavy (non-hydrogen) atoms. The first-order valence-electron chi connectivity index (χ1n) is 4.87. The minimum atomic E-state index is -2.84. The van der Waals surface area contributed by atoms with Gasteiger partial charge in [-0.2, -0.15) is 0 Å². The van der Waals surface area contributed by atoms with E-state index >= 15 is 0 Å². The lowest BCUT2D eigenvalue weighted by Crippen LogP contribution is -2.36. The zero-order valence-corrected chi connectivity index (χ0v) is 9.51. The Labute approximate surface area is 85.2 Å². The van der Waals surface area contributed by atoms with E-state index in [0.29, 0.717) is 19.4 Å². The Morgan fingerprint density at radius 1 is 1.50 bits per heavy atom. The molecule has 1 rings (SSSR count). The summed E-state index contributed by atoms with van der Waals surface area (Å²) in [6.45, 7) is 2.19. The van der Waals surface area contributed by atoms with Crippen LogP contribution in [0.25, 0.3) is 0 Å². The van der Waals surface area contributed by atoms with E-state index in [0.717, 1.165) is 0 Å². The predicted molar refractivity (Wildman–Crippen MR) is 55.0 cm³/mol. The van der Waals surface area contributed by atoms with Crippen molar-refractivity contribution >= 4 is 15.6 Å². The zero-order chi connectivity index (χ0) is 10.8. The predicted octanol–water partition coefficient (Wildman–Crippen LogP) is 0.0844. The Kier molecular flexibility index (Phi) is 3.66. The molecule has 0 aromatic heterocycles. The van der Waals surface area contributed by atoms with Crippen LogP contribution in [0.5, 0.6) is 0 Å². The number of hydrogen-bond donors (Lipinski definition) is 0. The molecule has 1 saturated heterocycles. The van der Waals surface area contributed by atoms with Gasteiger partial charge in [-0.05, 0) is 13.5 Å². The lowest BCUT2D eigenvalue weighted by molar-refractivity contribution is -0.120. The summed E-state index contributed by atoms with van der Waals surface area (Å²) < 4.78 is 22.4. The standard InChI is InChI=1S/C9H17NO3S/c1-3-9(11)6-10(2)8-4-5-14(12,13)7-8/h8H,3-7H2,1-2H3. The van der Waals surface area contributed by atoms with Gasteiger partial charge < -0.3 is 0 Å². The van der Waals surface area contributed by atoms with Crippen molar-refractivity contribution in [1.82, 2.24) is 4.90 Å². The van der Waals surface area contributed by atoms with Gasteiger partial charge in [-0.15, -0.1) is 0 Å². The molecular weight excluding hydrogens is 202 g/mol. The highest BCUT2D eigenvalue weighted by Gasteiger charge is 2.30. The summed E-state index contributed by atoms with van der Waals surface area (Å²) in [5, 5.41) is 0. The van der Waals surface area contributed by atoms with Crippen molar-refractivity contribution in [2.75, 3.05) is 25.1 Å². The van der Waals surface area contributed by atoms with Crippen LogP contribution < -0.4 is 0 Å². The van der Waals surface area contributed by atoms with Gasteiger partial charge in [0.15, 0.2) is 9.84 Å². The van der Waals surface area contributed by atoms with Gasteiger partial charge >= 0.3 is 0 Å². The first-order chi connectivity index (χ1) is 6.44. The Balaban J connectivity index is 2.47. The molecule has 1 heterocycles. The summed E-state index contributed by atoms with van der Waals surface area (Å²) in [6.07, 6.45) is 1.18. The molecule has 5 heteroatoms. The van der Waals surface area contributed by atoms with Crippen molar-refractivity contribution in [2.24, 2.45) is 0 Å². The fourth-order valence-corrected chi connectivity index (χ4v) is 3.45. The van der Waals surface area contributed by atoms with Crippen molar-refractivity contribution < 1.29 is 13.2 Å². The van der Waals surface area contributed by atoms with Crippen molar-refractivity contribution in [3.63, 3.8) is 0 Å². The second kappa shape index (κ2) is 4.40. The van der Waals surface area contributed by atoms with Crippen molar-refractivity contribution in [3.8, 4) is 0 Å². The molecule has 82 valence electrons. The summed E-state index contributed by atoms with van der Waals surface area (Å²) in [4.78, 5) is 13.0. The molecule has 0 aromatic rings. The lowest BCUT2D eigenvalue weighted by atomic mass is 10.2. The van der Waals surface area contributed by atoms with Crippen molar-refractivity contribution in [1.29, 1.82) is 0 Å². The normalized spacial score (nSPS) is 25.5. The number of likely N-dealkylation sites (N-methyl/N-ethyl adjacent to an activating group) is 1. The van der Waals surface area contributed by atoms with Crippen LogP contribution in [0.15, 0.2) is 0 Å². The van der Waals surface area contributed by atoms with Crippen molar-refractivity contribution in [2.45, 2.75) is 25.8 Å². The highest BCUT2D eigenvalue weighted by Crippen LogP contribution is 2.16. The Morgan fingerprint density at radius 3 is 2.57 bits per heavy atom. The van der Waals surface area contributed by atoms with Crippen LogP contribution in [0, 0.1) is 0 Å². The molecule has 1 atom stereocenters. The average molecular weight is 219 g/mol. The number of carbonyl (C=O) groups excluding carboxylic acids is 1. The second-order valence-electron chi connectivity index (χ2n) is 3.86. The molecule has 0 radical (unpaired) electrons. The van der Waals surface area contributed by atoms with Crippen LogP contribution in [0.1, 0.15) is 19.8 Å². The van der Waals surface area contributed by atoms with Gasteiger partial charge in [0.2, 0.25) is 0 Å². The van der Waals surface area contributed by atoms with E-state index < -0.39 is 9.84 Å². The number of sulfone groups is 1. The average Bonchev–Trinajstić information content (AvgIpc) is 2.46. The van der Waals surface area contributed by atoms with Crippen LogP contribution in [0.3, 0.4) is 0 Å². The topological polar surface area (TPSA) is 54.5 Å². The molecule has 1 fully saturated rings. The number of nitrogens with zero attached hydrogens (tertiary/aromatic N) is 1. The van der Waals surface area contributed by atoms with E-state index in [2.05, 4.69) is 0 Å². The van der Waals surface area contributed by atoms with E-state index in [1.807, 2.05) is 18.9 Å². The van der Waals surface area contributed by atoms with Crippen LogP contribution >= 0.6 is 0 Å². The third kappa shape index (κ3) is 3.06. The Morgan fingerprint density at radius 2 is 2.14 bits per heavy atom. The number of ketones is 1. The van der Waals surface area contributed by atoms with Crippen LogP contribution in [0.4, 0.5) is 0 Å². The third-order valence-electron chi connectivity index (χ3n) is 2.65. The van der Waals surface area contributed by atoms with Gasteiger partial charge in [-0.1, -0.05) is 6.92 Å². The molecule has 1 aliphatic heterocycles. The van der Waals surface area contributed by atoms with Crippen LogP contribution in [-0.4, -0.2) is 50.2 Å². The molecule has 1 unspecified atom stereocenters. The first kappa shape index (κ1) is 11.7. The molecule has 0 amide bonds. The molecule has 0 N–H and O–H groups in total. The van der Waals surface area contributed by atoms with E-state index in [1.165, 1.54) is 0 Å². The highest BCUT2D eigenvalue weighted by molar-refractivity contribution is 7.91. The van der Waals surface area contributed by atoms with Crippen LogP contribution in [-0.2, 0) is 14.6 Å². The minimum Gasteiger partial charge on any atom is -0.298 e. The smallest absolute Gasteiger partial charge is 0.151 e. The molecule has 1 aliphatic rings. The molecule has 0 aromatic carbocycles. The summed E-state index contributed by atoms with van der Waals surface area (Å²) in [7, 11) is -1.02. The maximum absolute atomic E-state index is 11.2. The minimum absolute atomic E-state index is 0.0375. The maximum atomic E-state index is 11.2. The fraction of sp³-hybridized carbons (Fsp3) is 0.889. The number of hydrogen-bond acceptors (Lipinski definition) is 4. The van der Waals surface area contributed by atoms with Crippen LogP contribution in [0.2, 0.25) is 0 Å². The molecule has 0 saturated carbocycles. The molecule has 0 bridgehead atoms. The molecule has 4 nitrogen and oxygen atoms in total. The largest absolute Gasteiger partial charge is 0.298 e. The highest BCUT2D eigenvalue weighted by atomic mass is 32.2. The van der Waals surface area contributed by atoms with Gasteiger partial charge in [-0.3, -0.25) is 9.69 Å². The SMILES string of the molecule is CCC(=O)CN(C)C1CCS(=O)(=O)C1. The fourth-order valence-electron chi connectivity index (χ4n) is 1.64. The third-order valence-corrected chi connectivity index (χ3v) is 4.40. The van der Waals surface area contributed by atoms with Crippen molar-refractivity contribution in [3.05, 3.63) is 0 Å². The van der Waals surface area contributed by atoms with Gasteiger partial charge in [0, 0.05) is 12.5 Å². The summed E-state index contributed by atoms with van der Waals surface area (Å²) in [5.41, 5.74) is 0. The molecule has 0 spiro atoms. The van der Waals surface area contributed by atoms with Gasteiger partial charge in [0.1, 0.15) is 5.78 Å². The number of Topliss-reactive ketones (excluding diaryl/α,β-unsaturated/α-hetero) is 1. The number of carbonyl (C=O) groups is 1. The number of rotatable bonds is 4. The van der Waals surface area contributed by atoms with Gasteiger partial charge in [0.05, 0.1) is 18.1 Å². The van der Waals surface area contributed by atoms with E-state index in [1.54, 1.807) is 0 Å². The lowest BCUT2D eigenvalue weighted by Gasteiger charge is -2.21. The van der Waals surface area contributed by atoms with E-state index in [-0.39, 0.29) is 23.3 Å². The summed E-state index contributed by atoms with van der Waals surface area (Å²) in [6, 6.07) is 0.0375. The van der Waals surface area contributed by atoms with E-state index in [4.69, 9.17) is 0 Å². The Bertz CT molecular complexity index is 310. The maximum Gasteiger partial charge on any atom is 0.151 e. The van der Waals surface area contributed by atoms with E-state index in [9.17, 15) is 13.2 Å². The Hall–Kier alpha value is -0.420.